The molecule has 2 nitrogen and oxygen atoms in total. The number of rotatable bonds is 5. The van der Waals surface area contributed by atoms with E-state index in [4.69, 9.17) is 4.52 Å². The molecule has 0 saturated heterocycles. The lowest BCUT2D eigenvalue weighted by Crippen LogP contribution is -1.97. The molecular formula is C10H20O2P+. The molecule has 0 aliphatic heterocycles. The lowest BCUT2D eigenvalue weighted by molar-refractivity contribution is 0.326. The van der Waals surface area contributed by atoms with Gasteiger partial charge in [0.2, 0.25) is 0 Å². The third-order valence-corrected chi connectivity index (χ3v) is 2.24. The molecule has 0 aliphatic carbocycles. The third-order valence-electron chi connectivity index (χ3n) is 1.41. The van der Waals surface area contributed by atoms with Crippen molar-refractivity contribution in [3.05, 3.63) is 11.9 Å². The summed E-state index contributed by atoms with van der Waals surface area (Å²) < 4.78 is 16.3. The van der Waals surface area contributed by atoms with Crippen LogP contribution >= 0.6 is 8.03 Å². The molecule has 0 aromatic heterocycles. The van der Waals surface area contributed by atoms with Crippen molar-refractivity contribution < 1.29 is 9.09 Å². The monoisotopic (exact) mass is 203 g/mol. The molecule has 0 N–H and O–H groups in total. The average Bonchev–Trinajstić information content (AvgIpc) is 2.00. The summed E-state index contributed by atoms with van der Waals surface area (Å²) in [7, 11) is -1.59. The van der Waals surface area contributed by atoms with Gasteiger partial charge in [-0.2, -0.15) is 0 Å². The lowest BCUT2D eigenvalue weighted by Gasteiger charge is -2.07. The van der Waals surface area contributed by atoms with Crippen LogP contribution in [0.15, 0.2) is 11.9 Å². The summed E-state index contributed by atoms with van der Waals surface area (Å²) in [5.74, 6) is 1.66. The molecule has 0 spiro atoms. The summed E-state index contributed by atoms with van der Waals surface area (Å²) in [6.07, 6.45) is 3.98. The summed E-state index contributed by atoms with van der Waals surface area (Å²) in [6.45, 7) is 8.89. The predicted molar refractivity (Wildman–Crippen MR) is 57.1 cm³/mol. The van der Waals surface area contributed by atoms with Crippen molar-refractivity contribution in [1.82, 2.24) is 0 Å². The highest BCUT2D eigenvalue weighted by Gasteiger charge is 2.14. The molecule has 76 valence electrons. The maximum atomic E-state index is 11.2. The van der Waals surface area contributed by atoms with Crippen molar-refractivity contribution in [3.63, 3.8) is 0 Å². The van der Waals surface area contributed by atoms with Gasteiger partial charge in [0.1, 0.15) is 6.61 Å². The fourth-order valence-electron chi connectivity index (χ4n) is 0.626. The first-order chi connectivity index (χ1) is 5.95. The van der Waals surface area contributed by atoms with Crippen LogP contribution in [0.25, 0.3) is 0 Å². The molecule has 0 aromatic carbocycles. The Bertz CT molecular complexity index is 180. The van der Waals surface area contributed by atoms with Crippen LogP contribution in [0.5, 0.6) is 0 Å². The van der Waals surface area contributed by atoms with Crippen molar-refractivity contribution in [1.29, 1.82) is 0 Å². The molecule has 0 aromatic rings. The zero-order valence-electron chi connectivity index (χ0n) is 9.04. The average molecular weight is 203 g/mol. The van der Waals surface area contributed by atoms with E-state index in [-0.39, 0.29) is 5.41 Å². The first-order valence-electron chi connectivity index (χ1n) is 4.74. The zero-order chi connectivity index (χ0) is 10.3. The molecule has 1 atom stereocenters. The van der Waals surface area contributed by atoms with Gasteiger partial charge >= 0.3 is 8.03 Å². The van der Waals surface area contributed by atoms with E-state index >= 15 is 0 Å². The van der Waals surface area contributed by atoms with Crippen molar-refractivity contribution in [2.75, 3.05) is 6.61 Å². The van der Waals surface area contributed by atoms with Gasteiger partial charge in [-0.15, -0.1) is 4.52 Å². The van der Waals surface area contributed by atoms with Crippen LogP contribution in [0.1, 0.15) is 40.5 Å². The molecule has 1 unspecified atom stereocenters. The Morgan fingerprint density at radius 2 is 2.00 bits per heavy atom. The molecule has 0 radical (unpaired) electrons. The molecule has 3 heteroatoms. The van der Waals surface area contributed by atoms with Gasteiger partial charge in [0.25, 0.3) is 0 Å². The van der Waals surface area contributed by atoms with Crippen LogP contribution in [0.4, 0.5) is 0 Å². The Hall–Kier alpha value is -0.200. The topological polar surface area (TPSA) is 26.3 Å². The summed E-state index contributed by atoms with van der Waals surface area (Å²) in [5, 5.41) is 0. The number of unbranched alkanes of at least 4 members (excludes halogenated alkanes) is 1. The molecule has 0 heterocycles. The van der Waals surface area contributed by atoms with Crippen LogP contribution in [0, 0.1) is 5.41 Å². The largest absolute Gasteiger partial charge is 0.540 e. The van der Waals surface area contributed by atoms with E-state index in [0.717, 1.165) is 12.8 Å². The van der Waals surface area contributed by atoms with Crippen LogP contribution < -0.4 is 0 Å². The van der Waals surface area contributed by atoms with Gasteiger partial charge in [-0.25, -0.2) is 0 Å². The van der Waals surface area contributed by atoms with Crippen molar-refractivity contribution >= 4 is 8.03 Å². The molecule has 0 amide bonds. The minimum absolute atomic E-state index is 0.0825. The second kappa shape index (κ2) is 6.28. The van der Waals surface area contributed by atoms with E-state index in [2.05, 4.69) is 27.7 Å². The Balaban J connectivity index is 3.68. The molecule has 13 heavy (non-hydrogen) atoms. The fraction of sp³-hybridized carbons (Fsp3) is 0.800. The van der Waals surface area contributed by atoms with E-state index in [1.165, 1.54) is 0 Å². The fourth-order valence-corrected chi connectivity index (χ4v) is 1.59. The maximum absolute atomic E-state index is 11.2. The molecule has 0 saturated carbocycles. The van der Waals surface area contributed by atoms with Crippen LogP contribution in [-0.4, -0.2) is 6.61 Å². The van der Waals surface area contributed by atoms with Crippen LogP contribution in [0.2, 0.25) is 0 Å². The highest BCUT2D eigenvalue weighted by atomic mass is 31.1. The SMILES string of the molecule is CCCCO[P+](=O)/C=C/C(C)(C)C. The van der Waals surface area contributed by atoms with E-state index in [1.54, 1.807) is 5.82 Å². The number of allylic oxidation sites excluding steroid dienone is 1. The Labute approximate surface area is 82.2 Å². The number of hydrogen-bond acceptors (Lipinski definition) is 2. The van der Waals surface area contributed by atoms with Gasteiger partial charge < -0.3 is 0 Å². The molecular weight excluding hydrogens is 183 g/mol. The van der Waals surface area contributed by atoms with Gasteiger partial charge in [0.15, 0.2) is 5.82 Å². The van der Waals surface area contributed by atoms with Gasteiger partial charge in [-0.3, -0.25) is 0 Å². The smallest absolute Gasteiger partial charge is 0.142 e. The minimum Gasteiger partial charge on any atom is -0.142 e. The summed E-state index contributed by atoms with van der Waals surface area (Å²) in [6, 6.07) is 0. The minimum atomic E-state index is -1.59. The highest BCUT2D eigenvalue weighted by Crippen LogP contribution is 2.27. The van der Waals surface area contributed by atoms with E-state index < -0.39 is 8.03 Å². The Morgan fingerprint density at radius 3 is 2.46 bits per heavy atom. The lowest BCUT2D eigenvalue weighted by atomic mass is 9.98. The van der Waals surface area contributed by atoms with E-state index in [1.807, 2.05) is 6.08 Å². The van der Waals surface area contributed by atoms with Crippen LogP contribution in [-0.2, 0) is 9.09 Å². The first kappa shape index (κ1) is 12.8. The molecule has 0 rings (SSSR count). The Kier molecular flexibility index (Phi) is 6.19. The maximum Gasteiger partial charge on any atom is 0.540 e. The van der Waals surface area contributed by atoms with Gasteiger partial charge in [0, 0.05) is 0 Å². The third kappa shape index (κ3) is 9.72. The van der Waals surface area contributed by atoms with Crippen molar-refractivity contribution in [2.24, 2.45) is 5.41 Å². The van der Waals surface area contributed by atoms with Gasteiger partial charge in [0.05, 0.1) is 0 Å². The van der Waals surface area contributed by atoms with Crippen molar-refractivity contribution in [3.8, 4) is 0 Å². The van der Waals surface area contributed by atoms with Crippen molar-refractivity contribution in [2.45, 2.75) is 40.5 Å². The molecule has 0 fully saturated rings. The van der Waals surface area contributed by atoms with Gasteiger partial charge in [-0.1, -0.05) is 34.1 Å². The van der Waals surface area contributed by atoms with E-state index in [0.29, 0.717) is 6.61 Å². The molecule has 0 bridgehead atoms. The Morgan fingerprint density at radius 1 is 1.38 bits per heavy atom. The number of hydrogen-bond donors (Lipinski definition) is 0. The normalized spacial score (nSPS) is 13.7. The van der Waals surface area contributed by atoms with Gasteiger partial charge in [-0.05, 0) is 22.5 Å². The predicted octanol–water partition coefficient (Wildman–Crippen LogP) is 4.11. The quantitative estimate of drug-likeness (QED) is 0.496. The second-order valence-corrected chi connectivity index (χ2v) is 5.28. The van der Waals surface area contributed by atoms with E-state index in [9.17, 15) is 4.57 Å². The zero-order valence-corrected chi connectivity index (χ0v) is 9.93. The highest BCUT2D eigenvalue weighted by molar-refractivity contribution is 7.42. The molecule has 0 aliphatic rings. The summed E-state index contributed by atoms with van der Waals surface area (Å²) in [4.78, 5) is 0. The second-order valence-electron chi connectivity index (χ2n) is 4.15. The first-order valence-corrected chi connectivity index (χ1v) is 5.99. The van der Waals surface area contributed by atoms with Crippen LogP contribution in [0.3, 0.4) is 0 Å². The summed E-state index contributed by atoms with van der Waals surface area (Å²) in [5.41, 5.74) is 0.0825. The summed E-state index contributed by atoms with van der Waals surface area (Å²) >= 11 is 0. The standard InChI is InChI=1S/C10H20O2P/c1-5-6-8-12-13(11)9-7-10(2,3)4/h7,9H,5-6,8H2,1-4H3/q+1/b9-7+.